The normalized spacial score (nSPS) is 26.5. The van der Waals surface area contributed by atoms with Gasteiger partial charge in [-0.05, 0) is 6.08 Å². The molecule has 0 fully saturated rings. The van der Waals surface area contributed by atoms with Gasteiger partial charge in [-0.3, -0.25) is 0 Å². The molecule has 0 aromatic heterocycles. The van der Waals surface area contributed by atoms with Crippen LogP contribution < -0.4 is 4.72 Å². The van der Waals surface area contributed by atoms with Crippen molar-refractivity contribution in [3.05, 3.63) is 35.6 Å². The Bertz CT molecular complexity index is 250. The van der Waals surface area contributed by atoms with E-state index in [4.69, 9.17) is 0 Å². The van der Waals surface area contributed by atoms with Crippen molar-refractivity contribution in [1.29, 1.82) is 0 Å². The Hall–Kier alpha value is -0.630. The highest BCUT2D eigenvalue weighted by atomic mass is 32.2. The second kappa shape index (κ2) is 2.78. The van der Waals surface area contributed by atoms with Crippen LogP contribution in [0.15, 0.2) is 35.6 Å². The minimum Gasteiger partial charge on any atom is -0.333 e. The molecule has 11 heavy (non-hydrogen) atoms. The van der Waals surface area contributed by atoms with Crippen LogP contribution in [-0.4, -0.2) is 6.26 Å². The predicted molar refractivity (Wildman–Crippen MR) is 50.1 cm³/mol. The van der Waals surface area contributed by atoms with E-state index in [0.717, 1.165) is 6.42 Å². The quantitative estimate of drug-likeness (QED) is 0.497. The van der Waals surface area contributed by atoms with Crippen LogP contribution in [0.1, 0.15) is 6.42 Å². The van der Waals surface area contributed by atoms with Gasteiger partial charge in [-0.25, -0.2) is 0 Å². The van der Waals surface area contributed by atoms with Crippen LogP contribution >= 0.6 is 11.9 Å². The Kier molecular flexibility index (Phi) is 1.78. The van der Waals surface area contributed by atoms with Crippen molar-refractivity contribution in [2.45, 2.75) is 6.42 Å². The number of rotatable bonds is 2. The molecule has 0 bridgehead atoms. The molecular weight excluding hydrogens is 154 g/mol. The minimum atomic E-state index is 0.687. The minimum absolute atomic E-state index is 0.687. The molecule has 0 heterocycles. The zero-order valence-electron chi connectivity index (χ0n) is 6.50. The Morgan fingerprint density at radius 2 is 2.55 bits per heavy atom. The van der Waals surface area contributed by atoms with Gasteiger partial charge in [0.15, 0.2) is 0 Å². The van der Waals surface area contributed by atoms with Crippen molar-refractivity contribution < 1.29 is 0 Å². The van der Waals surface area contributed by atoms with E-state index in [0.29, 0.717) is 5.92 Å². The summed E-state index contributed by atoms with van der Waals surface area (Å²) in [6.07, 6.45) is 12.0. The van der Waals surface area contributed by atoms with E-state index in [1.807, 2.05) is 6.26 Å². The lowest BCUT2D eigenvalue weighted by atomic mass is 10.2. The van der Waals surface area contributed by atoms with Crippen molar-refractivity contribution in [2.24, 2.45) is 5.92 Å². The second-order valence-corrected chi connectivity index (χ2v) is 3.44. The summed E-state index contributed by atoms with van der Waals surface area (Å²) in [6.45, 7) is 0. The van der Waals surface area contributed by atoms with Crippen molar-refractivity contribution in [1.82, 2.24) is 4.72 Å². The van der Waals surface area contributed by atoms with E-state index in [1.54, 1.807) is 17.5 Å². The monoisotopic (exact) mass is 165 g/mol. The van der Waals surface area contributed by atoms with Gasteiger partial charge in [0.05, 0.1) is 0 Å². The van der Waals surface area contributed by atoms with E-state index in [9.17, 15) is 0 Å². The van der Waals surface area contributed by atoms with E-state index in [-0.39, 0.29) is 0 Å². The lowest BCUT2D eigenvalue weighted by Crippen LogP contribution is -2.01. The van der Waals surface area contributed by atoms with Crippen LogP contribution in [0.3, 0.4) is 0 Å². The molecular formula is C9H11NS. The highest BCUT2D eigenvalue weighted by Crippen LogP contribution is 2.36. The standard InChI is InChI=1S/C9H11NS/c1-11-10-9-4-2-3-7-5-8(7)6-9/h2-5,7,10H,6H2,1H3. The number of fused-ring (bicyclic) bond motifs is 1. The number of hydrogen-bond donors (Lipinski definition) is 1. The molecule has 2 heteroatoms. The fourth-order valence-corrected chi connectivity index (χ4v) is 1.71. The van der Waals surface area contributed by atoms with Crippen molar-refractivity contribution in [3.63, 3.8) is 0 Å². The van der Waals surface area contributed by atoms with Gasteiger partial charge in [-0.2, -0.15) is 0 Å². The van der Waals surface area contributed by atoms with Gasteiger partial charge in [0.2, 0.25) is 0 Å². The molecule has 1 N–H and O–H groups in total. The van der Waals surface area contributed by atoms with Gasteiger partial charge >= 0.3 is 0 Å². The lowest BCUT2D eigenvalue weighted by Gasteiger charge is -2.03. The van der Waals surface area contributed by atoms with E-state index in [1.165, 1.54) is 5.70 Å². The molecule has 1 atom stereocenters. The first-order valence-corrected chi connectivity index (χ1v) is 4.99. The summed E-state index contributed by atoms with van der Waals surface area (Å²) in [6, 6.07) is 0. The molecule has 1 nitrogen and oxygen atoms in total. The highest BCUT2D eigenvalue weighted by Gasteiger charge is 2.23. The predicted octanol–water partition coefficient (Wildman–Crippen LogP) is 2.25. The average molecular weight is 165 g/mol. The maximum absolute atomic E-state index is 3.27. The van der Waals surface area contributed by atoms with Crippen LogP contribution in [0.5, 0.6) is 0 Å². The van der Waals surface area contributed by atoms with Crippen LogP contribution in [0.2, 0.25) is 0 Å². The number of hydrogen-bond acceptors (Lipinski definition) is 2. The molecule has 0 radical (unpaired) electrons. The third-order valence-electron chi connectivity index (χ3n) is 1.96. The van der Waals surface area contributed by atoms with Crippen molar-refractivity contribution in [3.8, 4) is 0 Å². The zero-order chi connectivity index (χ0) is 7.68. The van der Waals surface area contributed by atoms with Gasteiger partial charge in [0.1, 0.15) is 0 Å². The van der Waals surface area contributed by atoms with E-state index < -0.39 is 0 Å². The molecule has 0 aliphatic heterocycles. The number of nitrogens with one attached hydrogen (secondary N) is 1. The molecule has 2 rings (SSSR count). The first-order chi connectivity index (χ1) is 5.40. The Labute approximate surface area is 71.4 Å². The van der Waals surface area contributed by atoms with Gasteiger partial charge in [0.25, 0.3) is 0 Å². The fourth-order valence-electron chi connectivity index (χ4n) is 1.31. The summed E-state index contributed by atoms with van der Waals surface area (Å²) in [4.78, 5) is 0. The van der Waals surface area contributed by atoms with Crippen LogP contribution in [0.25, 0.3) is 0 Å². The van der Waals surface area contributed by atoms with E-state index >= 15 is 0 Å². The summed E-state index contributed by atoms with van der Waals surface area (Å²) in [7, 11) is 0. The molecule has 1 unspecified atom stereocenters. The molecule has 0 amide bonds. The Morgan fingerprint density at radius 1 is 1.64 bits per heavy atom. The smallest absolute Gasteiger partial charge is 0.0251 e. The molecule has 0 aromatic carbocycles. The molecule has 0 saturated carbocycles. The topological polar surface area (TPSA) is 12.0 Å². The SMILES string of the molecule is CSNC1=CC=CC2C=C2C1. The molecule has 0 spiro atoms. The maximum atomic E-state index is 3.27. The van der Waals surface area contributed by atoms with Crippen molar-refractivity contribution >= 4 is 11.9 Å². The lowest BCUT2D eigenvalue weighted by molar-refractivity contribution is 1.02. The summed E-state index contributed by atoms with van der Waals surface area (Å²) >= 11 is 1.66. The Balaban J connectivity index is 2.03. The van der Waals surface area contributed by atoms with Gasteiger partial charge in [-0.15, -0.1) is 0 Å². The molecule has 0 aromatic rings. The fraction of sp³-hybridized carbons (Fsp3) is 0.333. The average Bonchev–Trinajstić information content (AvgIpc) is 2.65. The summed E-state index contributed by atoms with van der Waals surface area (Å²) in [5.41, 5.74) is 2.88. The molecule has 0 saturated heterocycles. The Morgan fingerprint density at radius 3 is 3.36 bits per heavy atom. The molecule has 2 aliphatic rings. The summed E-state index contributed by atoms with van der Waals surface area (Å²) in [5, 5.41) is 0. The van der Waals surface area contributed by atoms with Crippen LogP contribution in [0, 0.1) is 5.92 Å². The summed E-state index contributed by atoms with van der Waals surface area (Å²) in [5.74, 6) is 0.687. The van der Waals surface area contributed by atoms with Gasteiger partial charge in [0, 0.05) is 24.3 Å². The largest absolute Gasteiger partial charge is 0.333 e. The first-order valence-electron chi connectivity index (χ1n) is 3.77. The van der Waals surface area contributed by atoms with Crippen molar-refractivity contribution in [2.75, 3.05) is 6.26 Å². The number of allylic oxidation sites excluding steroid dienone is 5. The van der Waals surface area contributed by atoms with Gasteiger partial charge < -0.3 is 4.72 Å². The molecule has 2 aliphatic carbocycles. The molecule has 58 valence electrons. The first kappa shape index (κ1) is 7.04. The highest BCUT2D eigenvalue weighted by molar-refractivity contribution is 7.96. The third-order valence-corrected chi connectivity index (χ3v) is 2.42. The second-order valence-electron chi connectivity index (χ2n) is 2.83. The van der Waals surface area contributed by atoms with Gasteiger partial charge in [-0.1, -0.05) is 35.7 Å². The third kappa shape index (κ3) is 1.51. The zero-order valence-corrected chi connectivity index (χ0v) is 7.32. The maximum Gasteiger partial charge on any atom is 0.0251 e. The summed E-state index contributed by atoms with van der Waals surface area (Å²) < 4.78 is 3.27. The van der Waals surface area contributed by atoms with E-state index in [2.05, 4.69) is 29.0 Å². The van der Waals surface area contributed by atoms with Crippen LogP contribution in [0.4, 0.5) is 0 Å². The van der Waals surface area contributed by atoms with Crippen LogP contribution in [-0.2, 0) is 0 Å².